The topological polar surface area (TPSA) is 67.2 Å². The van der Waals surface area contributed by atoms with E-state index in [0.29, 0.717) is 0 Å². The van der Waals surface area contributed by atoms with Crippen LogP contribution >= 0.6 is 0 Å². The van der Waals surface area contributed by atoms with Crippen molar-refractivity contribution in [3.63, 3.8) is 0 Å². The molecule has 4 N–H and O–H groups in total. The maximum Gasteiger partial charge on any atom is 0.316 e. The van der Waals surface area contributed by atoms with Gasteiger partial charge in [0.25, 0.3) is 0 Å². The van der Waals surface area contributed by atoms with Gasteiger partial charge in [-0.1, -0.05) is 6.07 Å². The predicted octanol–water partition coefficient (Wildman–Crippen LogP) is 0.865. The highest BCUT2D eigenvalue weighted by molar-refractivity contribution is 5.87. The lowest BCUT2D eigenvalue weighted by atomic mass is 10.0. The quantitative estimate of drug-likeness (QED) is 0.636. The van der Waals surface area contributed by atoms with Crippen LogP contribution in [0, 0.1) is 0 Å². The minimum atomic E-state index is -0.512. The van der Waals surface area contributed by atoms with Crippen LogP contribution in [0.4, 0.5) is 10.5 Å². The molecule has 0 aliphatic carbocycles. The van der Waals surface area contributed by atoms with Gasteiger partial charge in [0.15, 0.2) is 0 Å². The molecular weight excluding hydrogens is 190 g/mol. The lowest BCUT2D eigenvalue weighted by molar-refractivity contribution is 0.259. The predicted molar refractivity (Wildman–Crippen MR) is 59.9 cm³/mol. The Morgan fingerprint density at radius 2 is 2.00 bits per heavy atom. The van der Waals surface area contributed by atoms with Crippen molar-refractivity contribution in [2.75, 3.05) is 18.4 Å². The first-order valence-electron chi connectivity index (χ1n) is 5.15. The molecule has 4 nitrogen and oxygen atoms in total. The maximum atomic E-state index is 10.7. The minimum Gasteiger partial charge on any atom is -0.351 e. The summed E-state index contributed by atoms with van der Waals surface area (Å²) in [5.74, 6) is 0. The van der Waals surface area contributed by atoms with Crippen molar-refractivity contribution in [2.45, 2.75) is 12.8 Å². The van der Waals surface area contributed by atoms with Crippen molar-refractivity contribution in [3.8, 4) is 0 Å². The zero-order valence-corrected chi connectivity index (χ0v) is 8.55. The number of nitrogens with two attached hydrogens (primary N) is 1. The molecule has 2 amide bonds. The van der Waals surface area contributed by atoms with Crippen LogP contribution in [0.1, 0.15) is 11.1 Å². The number of benzene rings is 1. The van der Waals surface area contributed by atoms with Gasteiger partial charge >= 0.3 is 6.03 Å². The third kappa shape index (κ3) is 2.47. The molecule has 0 saturated carbocycles. The molecule has 0 unspecified atom stereocenters. The van der Waals surface area contributed by atoms with Gasteiger partial charge < -0.3 is 16.4 Å². The third-order valence-corrected chi connectivity index (χ3v) is 2.62. The number of rotatable bonds is 1. The van der Waals surface area contributed by atoms with Crippen molar-refractivity contribution in [2.24, 2.45) is 5.73 Å². The van der Waals surface area contributed by atoms with Crippen LogP contribution in [-0.4, -0.2) is 19.1 Å². The Hall–Kier alpha value is -1.55. The fourth-order valence-electron chi connectivity index (χ4n) is 1.89. The van der Waals surface area contributed by atoms with Gasteiger partial charge in [-0.3, -0.25) is 0 Å². The van der Waals surface area contributed by atoms with Gasteiger partial charge in [0, 0.05) is 5.69 Å². The largest absolute Gasteiger partial charge is 0.351 e. The average Bonchev–Trinajstić information content (AvgIpc) is 2.41. The third-order valence-electron chi connectivity index (χ3n) is 2.62. The normalized spacial score (nSPS) is 15.2. The smallest absolute Gasteiger partial charge is 0.316 e. The molecule has 1 aliphatic rings. The number of amides is 2. The number of urea groups is 1. The SMILES string of the molecule is NC(=O)Nc1ccc2c(c1)CCNCC2. The highest BCUT2D eigenvalue weighted by Gasteiger charge is 2.08. The van der Waals surface area contributed by atoms with Gasteiger partial charge in [0.05, 0.1) is 0 Å². The van der Waals surface area contributed by atoms with Crippen molar-refractivity contribution in [1.29, 1.82) is 0 Å². The molecule has 0 saturated heterocycles. The summed E-state index contributed by atoms with van der Waals surface area (Å²) in [6.07, 6.45) is 2.05. The van der Waals surface area contributed by atoms with E-state index in [1.54, 1.807) is 0 Å². The van der Waals surface area contributed by atoms with Crippen molar-refractivity contribution in [3.05, 3.63) is 29.3 Å². The van der Waals surface area contributed by atoms with Crippen molar-refractivity contribution in [1.82, 2.24) is 5.32 Å². The first-order chi connectivity index (χ1) is 7.25. The second kappa shape index (κ2) is 4.31. The van der Waals surface area contributed by atoms with Crippen LogP contribution in [0.25, 0.3) is 0 Å². The Balaban J connectivity index is 2.23. The highest BCUT2D eigenvalue weighted by atomic mass is 16.2. The number of nitrogens with one attached hydrogen (secondary N) is 2. The summed E-state index contributed by atoms with van der Waals surface area (Å²) in [4.78, 5) is 10.7. The monoisotopic (exact) mass is 205 g/mol. The molecule has 1 aromatic carbocycles. The zero-order valence-electron chi connectivity index (χ0n) is 8.55. The number of primary amides is 1. The molecule has 80 valence electrons. The van der Waals surface area contributed by atoms with Gasteiger partial charge in [-0.2, -0.15) is 0 Å². The second-order valence-electron chi connectivity index (χ2n) is 3.72. The molecule has 0 radical (unpaired) electrons. The lowest BCUT2D eigenvalue weighted by Gasteiger charge is -2.08. The van der Waals surface area contributed by atoms with E-state index < -0.39 is 6.03 Å². The van der Waals surface area contributed by atoms with Crippen molar-refractivity contribution < 1.29 is 4.79 Å². The van der Waals surface area contributed by atoms with Gasteiger partial charge in [-0.25, -0.2) is 4.79 Å². The van der Waals surface area contributed by atoms with Crippen LogP contribution in [0.5, 0.6) is 0 Å². The first kappa shape index (κ1) is 9.98. The first-order valence-corrected chi connectivity index (χ1v) is 5.15. The van der Waals surface area contributed by atoms with Crippen LogP contribution in [0.15, 0.2) is 18.2 Å². The van der Waals surface area contributed by atoms with E-state index in [4.69, 9.17) is 5.73 Å². The molecular formula is C11H15N3O. The fraction of sp³-hybridized carbons (Fsp3) is 0.364. The highest BCUT2D eigenvalue weighted by Crippen LogP contribution is 2.18. The summed E-state index contributed by atoms with van der Waals surface area (Å²) in [7, 11) is 0. The summed E-state index contributed by atoms with van der Waals surface area (Å²) >= 11 is 0. The van der Waals surface area contributed by atoms with Gasteiger partial charge in [-0.05, 0) is 49.2 Å². The van der Waals surface area contributed by atoms with E-state index in [-0.39, 0.29) is 0 Å². The molecule has 1 heterocycles. The molecule has 0 aromatic heterocycles. The number of carbonyl (C=O) groups is 1. The van der Waals surface area contributed by atoms with Crippen LogP contribution < -0.4 is 16.4 Å². The number of carbonyl (C=O) groups excluding carboxylic acids is 1. The van der Waals surface area contributed by atoms with E-state index in [9.17, 15) is 4.79 Å². The summed E-state index contributed by atoms with van der Waals surface area (Å²) in [5.41, 5.74) is 8.50. The minimum absolute atomic E-state index is 0.512. The number of hydrogen-bond acceptors (Lipinski definition) is 2. The van der Waals surface area contributed by atoms with Gasteiger partial charge in [0.1, 0.15) is 0 Å². The Labute approximate surface area is 88.9 Å². The summed E-state index contributed by atoms with van der Waals surface area (Å²) in [6, 6.07) is 5.46. The molecule has 0 fully saturated rings. The molecule has 0 atom stereocenters. The molecule has 15 heavy (non-hydrogen) atoms. The lowest BCUT2D eigenvalue weighted by Crippen LogP contribution is -2.19. The Morgan fingerprint density at radius 3 is 2.73 bits per heavy atom. The number of anilines is 1. The van der Waals surface area contributed by atoms with E-state index in [2.05, 4.69) is 16.7 Å². The Kier molecular flexibility index (Phi) is 2.87. The van der Waals surface area contributed by atoms with E-state index >= 15 is 0 Å². The summed E-state index contributed by atoms with van der Waals surface area (Å²) in [6.45, 7) is 2.02. The van der Waals surface area contributed by atoms with Crippen molar-refractivity contribution >= 4 is 11.7 Å². The number of hydrogen-bond donors (Lipinski definition) is 3. The molecule has 2 rings (SSSR count). The van der Waals surface area contributed by atoms with Crippen LogP contribution in [0.3, 0.4) is 0 Å². The van der Waals surface area contributed by atoms with Crippen LogP contribution in [-0.2, 0) is 12.8 Å². The van der Waals surface area contributed by atoms with Crippen LogP contribution in [0.2, 0.25) is 0 Å². The Bertz CT molecular complexity index is 376. The molecule has 1 aromatic rings. The van der Waals surface area contributed by atoms with Gasteiger partial charge in [0.2, 0.25) is 0 Å². The zero-order chi connectivity index (χ0) is 10.7. The average molecular weight is 205 g/mol. The molecule has 0 bridgehead atoms. The Morgan fingerprint density at radius 1 is 1.27 bits per heavy atom. The van der Waals surface area contributed by atoms with E-state index in [1.807, 2.05) is 12.1 Å². The van der Waals surface area contributed by atoms with E-state index in [1.165, 1.54) is 11.1 Å². The fourth-order valence-corrected chi connectivity index (χ4v) is 1.89. The molecule has 1 aliphatic heterocycles. The number of fused-ring (bicyclic) bond motifs is 1. The summed E-state index contributed by atoms with van der Waals surface area (Å²) in [5, 5.41) is 5.94. The standard InChI is InChI=1S/C11H15N3O/c12-11(15)14-10-2-1-8-3-5-13-6-4-9(8)7-10/h1-2,7,13H,3-6H2,(H3,12,14,15). The molecule has 4 heteroatoms. The van der Waals surface area contributed by atoms with E-state index in [0.717, 1.165) is 31.6 Å². The molecule has 0 spiro atoms. The maximum absolute atomic E-state index is 10.7. The second-order valence-corrected chi connectivity index (χ2v) is 3.72. The van der Waals surface area contributed by atoms with Gasteiger partial charge in [-0.15, -0.1) is 0 Å². The summed E-state index contributed by atoms with van der Waals surface area (Å²) < 4.78 is 0.